The fourth-order valence-electron chi connectivity index (χ4n) is 6.60. The van der Waals surface area contributed by atoms with Crippen LogP contribution in [0.1, 0.15) is 94.6 Å². The Balaban J connectivity index is 0.927. The molecule has 0 unspecified atom stereocenters. The Kier molecular flexibility index (Phi) is 31.0. The Morgan fingerprint density at radius 1 is 0.431 bits per heavy atom. The third-order valence-corrected chi connectivity index (χ3v) is 9.73. The van der Waals surface area contributed by atoms with Gasteiger partial charge in [0.15, 0.2) is 0 Å². The predicted molar refractivity (Wildman–Crippen MR) is 227 cm³/mol. The summed E-state index contributed by atoms with van der Waals surface area (Å²) in [5, 5.41) is 2.75. The molecule has 0 aliphatic heterocycles. The minimum Gasteiger partial charge on any atom is -0.449 e. The van der Waals surface area contributed by atoms with Gasteiger partial charge in [-0.25, -0.2) is 4.79 Å². The van der Waals surface area contributed by atoms with E-state index in [9.17, 15) is 4.79 Å². The molecule has 1 N–H and O–H groups in total. The molecule has 0 aromatic heterocycles. The summed E-state index contributed by atoms with van der Waals surface area (Å²) < 4.78 is 55.5. The lowest BCUT2D eigenvalue weighted by Crippen LogP contribution is -2.29. The molecule has 0 spiro atoms. The van der Waals surface area contributed by atoms with Gasteiger partial charge in [0.05, 0.1) is 112 Å². The molecular formula is C46H75NO11. The number of amides is 1. The third-order valence-electron chi connectivity index (χ3n) is 9.73. The molecule has 1 aliphatic carbocycles. The number of alkyl carbamates (subject to hydrolysis) is 1. The molecule has 0 saturated heterocycles. The molecule has 0 atom stereocenters. The van der Waals surface area contributed by atoms with E-state index in [0.29, 0.717) is 125 Å². The number of carbonyl (C=O) groups excluding carboxylic acids is 1. The fraction of sp³-hybridized carbons (Fsp3) is 0.717. The van der Waals surface area contributed by atoms with Crippen LogP contribution in [0.3, 0.4) is 0 Å². The summed E-state index contributed by atoms with van der Waals surface area (Å²) in [5.41, 5.74) is 4.79. The van der Waals surface area contributed by atoms with E-state index in [4.69, 9.17) is 47.4 Å². The molecule has 12 heteroatoms. The van der Waals surface area contributed by atoms with Crippen molar-refractivity contribution < 1.29 is 52.2 Å². The number of hydrogen-bond donors (Lipinski definition) is 1. The van der Waals surface area contributed by atoms with Gasteiger partial charge in [-0.1, -0.05) is 120 Å². The summed E-state index contributed by atoms with van der Waals surface area (Å²) in [7, 11) is 0. The first-order valence-corrected chi connectivity index (χ1v) is 22.1. The lowest BCUT2D eigenvalue weighted by atomic mass is 9.98. The van der Waals surface area contributed by atoms with Crippen molar-refractivity contribution in [2.45, 2.75) is 83.5 Å². The van der Waals surface area contributed by atoms with Gasteiger partial charge in [0.2, 0.25) is 0 Å². The van der Waals surface area contributed by atoms with Gasteiger partial charge < -0.3 is 52.7 Å². The van der Waals surface area contributed by atoms with Crippen molar-refractivity contribution in [3.63, 3.8) is 0 Å². The van der Waals surface area contributed by atoms with Gasteiger partial charge >= 0.3 is 6.09 Å². The third kappa shape index (κ3) is 24.4. The molecule has 2 aromatic carbocycles. The fourth-order valence-corrected chi connectivity index (χ4v) is 6.60. The molecule has 0 bridgehead atoms. The normalized spacial score (nSPS) is 12.2. The SMILES string of the molecule is CCCCCCCCCCCCCOCCOCCOCCOCCOCCOCCOCCOCCOCCNC(=O)OCC1c2ccccc2-c2ccccc21. The summed E-state index contributed by atoms with van der Waals surface area (Å²) in [6.45, 7) is 12.4. The molecule has 58 heavy (non-hydrogen) atoms. The summed E-state index contributed by atoms with van der Waals surface area (Å²) in [6, 6.07) is 16.6. The highest BCUT2D eigenvalue weighted by atomic mass is 16.6. The number of rotatable bonds is 41. The van der Waals surface area contributed by atoms with Gasteiger partial charge in [0.1, 0.15) is 6.61 Å². The Hall–Kier alpha value is -2.65. The summed E-state index contributed by atoms with van der Waals surface area (Å²) in [5.74, 6) is 0.0401. The van der Waals surface area contributed by atoms with E-state index in [1.165, 1.54) is 86.5 Å². The van der Waals surface area contributed by atoms with Gasteiger partial charge in [-0.05, 0) is 28.7 Å². The molecule has 3 rings (SSSR count). The van der Waals surface area contributed by atoms with Crippen LogP contribution in [0, 0.1) is 0 Å². The standard InChI is InChI=1S/C46H75NO11/c1-2-3-4-5-6-7-8-9-10-11-16-22-49-24-26-51-28-30-53-32-34-55-36-38-57-39-37-56-35-33-54-31-29-52-27-25-50-23-21-47-46(48)58-40-45-43-19-14-12-17-41(43)42-18-13-15-20-44(42)45/h12-15,17-20,45H,2-11,16,21-40H2,1H3,(H,47,48). The number of nitrogens with one attached hydrogen (secondary N) is 1. The largest absolute Gasteiger partial charge is 0.449 e. The lowest BCUT2D eigenvalue weighted by molar-refractivity contribution is -0.0249. The molecule has 0 radical (unpaired) electrons. The number of fused-ring (bicyclic) bond motifs is 3. The first kappa shape index (κ1) is 49.7. The summed E-state index contributed by atoms with van der Waals surface area (Å²) in [6.07, 6.45) is 14.4. The first-order chi connectivity index (χ1) is 28.8. The maximum absolute atomic E-state index is 12.3. The van der Waals surface area contributed by atoms with E-state index < -0.39 is 6.09 Å². The second kappa shape index (κ2) is 36.2. The van der Waals surface area contributed by atoms with Gasteiger partial charge in [-0.3, -0.25) is 0 Å². The van der Waals surface area contributed by atoms with Gasteiger partial charge in [0.25, 0.3) is 0 Å². The van der Waals surface area contributed by atoms with Crippen molar-refractivity contribution in [2.24, 2.45) is 0 Å². The van der Waals surface area contributed by atoms with Crippen LogP contribution < -0.4 is 5.32 Å². The maximum Gasteiger partial charge on any atom is 0.407 e. The minimum atomic E-state index is -0.448. The van der Waals surface area contributed by atoms with Crippen LogP contribution >= 0.6 is 0 Å². The van der Waals surface area contributed by atoms with Crippen molar-refractivity contribution in [3.8, 4) is 11.1 Å². The number of unbranched alkanes of at least 4 members (excludes halogenated alkanes) is 10. The number of carbonyl (C=O) groups is 1. The monoisotopic (exact) mass is 818 g/mol. The molecule has 0 fully saturated rings. The van der Waals surface area contributed by atoms with E-state index in [1.54, 1.807) is 0 Å². The Bertz CT molecular complexity index is 1210. The molecule has 2 aromatic rings. The summed E-state index contributed by atoms with van der Waals surface area (Å²) in [4.78, 5) is 12.3. The second-order valence-electron chi connectivity index (χ2n) is 14.3. The molecule has 0 saturated carbocycles. The van der Waals surface area contributed by atoms with Crippen LogP contribution in [0.15, 0.2) is 48.5 Å². The first-order valence-electron chi connectivity index (χ1n) is 22.1. The average Bonchev–Trinajstić information content (AvgIpc) is 3.57. The van der Waals surface area contributed by atoms with Gasteiger partial charge in [-0.2, -0.15) is 0 Å². The van der Waals surface area contributed by atoms with E-state index in [0.717, 1.165) is 13.0 Å². The van der Waals surface area contributed by atoms with Crippen molar-refractivity contribution in [1.29, 1.82) is 0 Å². The van der Waals surface area contributed by atoms with Crippen LogP contribution in [0.4, 0.5) is 4.79 Å². The van der Waals surface area contributed by atoms with Gasteiger partial charge in [-0.15, -0.1) is 0 Å². The lowest BCUT2D eigenvalue weighted by Gasteiger charge is -2.14. The molecular weight excluding hydrogens is 743 g/mol. The Morgan fingerprint density at radius 3 is 1.16 bits per heavy atom. The van der Waals surface area contributed by atoms with E-state index >= 15 is 0 Å². The van der Waals surface area contributed by atoms with Crippen LogP contribution in [-0.4, -0.2) is 138 Å². The maximum atomic E-state index is 12.3. The zero-order valence-electron chi connectivity index (χ0n) is 35.6. The highest BCUT2D eigenvalue weighted by Crippen LogP contribution is 2.44. The highest BCUT2D eigenvalue weighted by molar-refractivity contribution is 5.79. The molecule has 0 heterocycles. The Morgan fingerprint density at radius 2 is 0.759 bits per heavy atom. The Labute approximate surface area is 349 Å². The van der Waals surface area contributed by atoms with E-state index in [1.807, 2.05) is 24.3 Å². The topological polar surface area (TPSA) is 121 Å². The zero-order valence-corrected chi connectivity index (χ0v) is 35.6. The highest BCUT2D eigenvalue weighted by Gasteiger charge is 2.28. The molecule has 1 amide bonds. The molecule has 330 valence electrons. The van der Waals surface area contributed by atoms with E-state index in [2.05, 4.69) is 36.5 Å². The van der Waals surface area contributed by atoms with Crippen molar-refractivity contribution in [3.05, 3.63) is 59.7 Å². The second-order valence-corrected chi connectivity index (χ2v) is 14.3. The zero-order chi connectivity index (χ0) is 40.8. The van der Waals surface area contributed by atoms with Crippen LogP contribution in [0.25, 0.3) is 11.1 Å². The van der Waals surface area contributed by atoms with Crippen molar-refractivity contribution in [1.82, 2.24) is 5.32 Å². The smallest absolute Gasteiger partial charge is 0.407 e. The van der Waals surface area contributed by atoms with E-state index in [-0.39, 0.29) is 5.92 Å². The quantitative estimate of drug-likeness (QED) is 0.0658. The van der Waals surface area contributed by atoms with Crippen LogP contribution in [0.2, 0.25) is 0 Å². The van der Waals surface area contributed by atoms with Crippen LogP contribution in [0.5, 0.6) is 0 Å². The predicted octanol–water partition coefficient (Wildman–Crippen LogP) is 7.99. The average molecular weight is 818 g/mol. The van der Waals surface area contributed by atoms with Crippen LogP contribution in [-0.2, 0) is 47.4 Å². The van der Waals surface area contributed by atoms with Crippen molar-refractivity contribution in [2.75, 3.05) is 132 Å². The van der Waals surface area contributed by atoms with Crippen molar-refractivity contribution >= 4 is 6.09 Å². The summed E-state index contributed by atoms with van der Waals surface area (Å²) >= 11 is 0. The number of hydrogen-bond acceptors (Lipinski definition) is 11. The molecule has 1 aliphatic rings. The number of benzene rings is 2. The molecule has 12 nitrogen and oxygen atoms in total. The number of ether oxygens (including phenoxy) is 10. The minimum absolute atomic E-state index is 0.0401. The van der Waals surface area contributed by atoms with Gasteiger partial charge in [0, 0.05) is 19.1 Å².